The van der Waals surface area contributed by atoms with Crippen LogP contribution in [0.15, 0.2) is 30.4 Å². The predicted octanol–water partition coefficient (Wildman–Crippen LogP) is 4.20. The van der Waals surface area contributed by atoms with Crippen molar-refractivity contribution < 1.29 is 0 Å². The molecule has 0 saturated heterocycles. The molecule has 0 amide bonds. The molecule has 0 heterocycles. The summed E-state index contributed by atoms with van der Waals surface area (Å²) in [7, 11) is 0. The van der Waals surface area contributed by atoms with Gasteiger partial charge in [-0.1, -0.05) is 36.8 Å². The van der Waals surface area contributed by atoms with Gasteiger partial charge in [-0.3, -0.25) is 0 Å². The predicted molar refractivity (Wildman–Crippen MR) is 58.4 cm³/mol. The van der Waals surface area contributed by atoms with Gasteiger partial charge in [-0.05, 0) is 44.6 Å². The topological polar surface area (TPSA) is 0 Å². The second-order valence-electron chi connectivity index (χ2n) is 3.43. The molecule has 0 spiro atoms. The fraction of sp³-hybridized carbons (Fsp3) is 0.538. The Balaban J connectivity index is 2.28. The molecule has 1 aliphatic rings. The summed E-state index contributed by atoms with van der Waals surface area (Å²) in [6.07, 6.45) is 23.0. The van der Waals surface area contributed by atoms with E-state index in [1.807, 2.05) is 0 Å². The minimum absolute atomic E-state index is 0.980. The molecule has 0 aliphatic heterocycles. The molecule has 0 nitrogen and oxygen atoms in total. The average molecular weight is 175 g/mol. The Morgan fingerprint density at radius 2 is 1.54 bits per heavy atom. The van der Waals surface area contributed by atoms with Crippen molar-refractivity contribution >= 4 is 0 Å². The first kappa shape index (κ1) is 10.3. The van der Waals surface area contributed by atoms with Crippen molar-refractivity contribution in [1.82, 2.24) is 0 Å². The molecule has 0 N–H and O–H groups in total. The van der Waals surface area contributed by atoms with Gasteiger partial charge < -0.3 is 0 Å². The smallest absolute Gasteiger partial charge is 0.00978 e. The maximum Gasteiger partial charge on any atom is -0.00978 e. The van der Waals surface area contributed by atoms with Crippen LogP contribution in [0.4, 0.5) is 0 Å². The van der Waals surface area contributed by atoms with Crippen LogP contribution in [0, 0.1) is 6.08 Å². The highest BCUT2D eigenvalue weighted by Gasteiger charge is 1.86. The Kier molecular flexibility index (Phi) is 6.22. The van der Waals surface area contributed by atoms with Crippen molar-refractivity contribution in [1.29, 1.82) is 0 Å². The van der Waals surface area contributed by atoms with Crippen LogP contribution in [0.25, 0.3) is 0 Å². The highest BCUT2D eigenvalue weighted by atomic mass is 13.9. The lowest BCUT2D eigenvalue weighted by atomic mass is 10.1. The van der Waals surface area contributed by atoms with Gasteiger partial charge in [-0.25, -0.2) is 0 Å². The van der Waals surface area contributed by atoms with Crippen LogP contribution in [0.3, 0.4) is 0 Å². The van der Waals surface area contributed by atoms with Crippen molar-refractivity contribution in [2.24, 2.45) is 0 Å². The van der Waals surface area contributed by atoms with Gasteiger partial charge >= 0.3 is 0 Å². The third kappa shape index (κ3) is 6.39. The van der Waals surface area contributed by atoms with Gasteiger partial charge in [-0.2, -0.15) is 0 Å². The Bertz CT molecular complexity index is 164. The monoisotopic (exact) mass is 175 g/mol. The van der Waals surface area contributed by atoms with E-state index in [-0.39, 0.29) is 0 Å². The van der Waals surface area contributed by atoms with E-state index in [9.17, 15) is 0 Å². The third-order valence-corrected chi connectivity index (χ3v) is 2.21. The zero-order chi connectivity index (χ0) is 9.19. The molecule has 0 atom stereocenters. The van der Waals surface area contributed by atoms with Gasteiger partial charge in [0.25, 0.3) is 0 Å². The van der Waals surface area contributed by atoms with E-state index in [1.54, 1.807) is 0 Å². The fourth-order valence-corrected chi connectivity index (χ4v) is 1.42. The summed E-state index contributed by atoms with van der Waals surface area (Å²) in [4.78, 5) is 0. The Labute approximate surface area is 82.0 Å². The van der Waals surface area contributed by atoms with Crippen molar-refractivity contribution in [2.45, 2.75) is 44.9 Å². The largest absolute Gasteiger partial charge is 0.0882 e. The van der Waals surface area contributed by atoms with Crippen molar-refractivity contribution in [2.75, 3.05) is 0 Å². The molecule has 0 saturated carbocycles. The summed E-state index contributed by atoms with van der Waals surface area (Å²) >= 11 is 0. The number of hydrogen-bond donors (Lipinski definition) is 0. The zero-order valence-corrected chi connectivity index (χ0v) is 8.34. The molecule has 0 unspecified atom stereocenters. The second-order valence-corrected chi connectivity index (χ2v) is 3.43. The van der Waals surface area contributed by atoms with Gasteiger partial charge in [0, 0.05) is 0 Å². The van der Waals surface area contributed by atoms with Gasteiger partial charge in [0.2, 0.25) is 0 Å². The van der Waals surface area contributed by atoms with Crippen molar-refractivity contribution in [3.8, 4) is 0 Å². The maximum atomic E-state index is 3.26. The van der Waals surface area contributed by atoms with E-state index in [0.29, 0.717) is 0 Å². The van der Waals surface area contributed by atoms with Crippen molar-refractivity contribution in [3.63, 3.8) is 0 Å². The van der Waals surface area contributed by atoms with E-state index in [1.165, 1.54) is 32.1 Å². The normalized spacial score (nSPS) is 27.7. The third-order valence-electron chi connectivity index (χ3n) is 2.21. The lowest BCUT2D eigenvalue weighted by Gasteiger charge is -1.94. The molecular formula is C13H19. The summed E-state index contributed by atoms with van der Waals surface area (Å²) in [6, 6.07) is 0. The molecule has 71 valence electrons. The highest BCUT2D eigenvalue weighted by molar-refractivity contribution is 4.93. The quantitative estimate of drug-likeness (QED) is 0.484. The molecule has 1 aliphatic carbocycles. The van der Waals surface area contributed by atoms with E-state index in [4.69, 9.17) is 0 Å². The molecule has 0 bridgehead atoms. The van der Waals surface area contributed by atoms with Gasteiger partial charge in [0.05, 0.1) is 0 Å². The number of rotatable bonds is 0. The van der Waals surface area contributed by atoms with Crippen LogP contribution < -0.4 is 0 Å². The van der Waals surface area contributed by atoms with E-state index >= 15 is 0 Å². The SMILES string of the molecule is [C]1=C/C/C=C/CCCCC/C=C/C/1. The van der Waals surface area contributed by atoms with Gasteiger partial charge in [0.15, 0.2) is 0 Å². The molecule has 0 aromatic carbocycles. The molecule has 0 aromatic heterocycles. The van der Waals surface area contributed by atoms with Crippen LogP contribution in [-0.4, -0.2) is 0 Å². The minimum atomic E-state index is 0.980. The molecule has 1 rings (SSSR count). The van der Waals surface area contributed by atoms with Crippen molar-refractivity contribution in [3.05, 3.63) is 36.5 Å². The van der Waals surface area contributed by atoms with Crippen LogP contribution in [-0.2, 0) is 0 Å². The Morgan fingerprint density at radius 1 is 0.769 bits per heavy atom. The summed E-state index contributed by atoms with van der Waals surface area (Å²) in [6.45, 7) is 0. The standard InChI is InChI=1S/C13H19/c1-2-4-6-8-10-12-13-11-9-7-5-3-1/h1-2,5,11,13H,3-4,6,8-10,12H2/b2-1+,7-5?,13-11+. The van der Waals surface area contributed by atoms with Gasteiger partial charge in [0.1, 0.15) is 0 Å². The minimum Gasteiger partial charge on any atom is -0.0882 e. The Hall–Kier alpha value is -0.780. The molecule has 13 heavy (non-hydrogen) atoms. The van der Waals surface area contributed by atoms with Crippen LogP contribution in [0.1, 0.15) is 44.9 Å². The highest BCUT2D eigenvalue weighted by Crippen LogP contribution is 2.05. The molecule has 1 radical (unpaired) electrons. The lowest BCUT2D eigenvalue weighted by molar-refractivity contribution is 0.695. The Morgan fingerprint density at radius 3 is 2.38 bits per heavy atom. The molecule has 0 fully saturated rings. The van der Waals surface area contributed by atoms with Crippen LogP contribution in [0.2, 0.25) is 0 Å². The number of hydrogen-bond acceptors (Lipinski definition) is 0. The zero-order valence-electron chi connectivity index (χ0n) is 8.34. The first-order valence-corrected chi connectivity index (χ1v) is 5.35. The van der Waals surface area contributed by atoms with E-state index in [2.05, 4.69) is 36.5 Å². The fourth-order valence-electron chi connectivity index (χ4n) is 1.42. The summed E-state index contributed by atoms with van der Waals surface area (Å²) in [5.41, 5.74) is 0. The van der Waals surface area contributed by atoms with E-state index < -0.39 is 0 Å². The van der Waals surface area contributed by atoms with Gasteiger partial charge in [-0.15, -0.1) is 0 Å². The summed E-state index contributed by atoms with van der Waals surface area (Å²) in [5.74, 6) is 0. The maximum absolute atomic E-state index is 3.26. The first-order chi connectivity index (χ1) is 6.50. The molecular weight excluding hydrogens is 156 g/mol. The molecule has 0 aromatic rings. The summed E-state index contributed by atoms with van der Waals surface area (Å²) in [5, 5.41) is 0. The summed E-state index contributed by atoms with van der Waals surface area (Å²) < 4.78 is 0. The first-order valence-electron chi connectivity index (χ1n) is 5.35. The van der Waals surface area contributed by atoms with Crippen LogP contribution in [0.5, 0.6) is 0 Å². The molecule has 0 heteroatoms. The van der Waals surface area contributed by atoms with Crippen LogP contribution >= 0.6 is 0 Å². The average Bonchev–Trinajstić information content (AvgIpc) is 2.18. The second kappa shape index (κ2) is 7.85. The number of allylic oxidation sites excluding steroid dienone is 6. The lowest BCUT2D eigenvalue weighted by Crippen LogP contribution is -1.74. The van der Waals surface area contributed by atoms with E-state index in [0.717, 1.165) is 12.8 Å².